The van der Waals surface area contributed by atoms with E-state index in [1.165, 1.54) is 0 Å². The summed E-state index contributed by atoms with van der Waals surface area (Å²) in [6.45, 7) is 1.93. The zero-order chi connectivity index (χ0) is 12.4. The Morgan fingerprint density at radius 1 is 1.41 bits per heavy atom. The molecular weight excluding hydrogens is 222 g/mol. The number of carbonyl (C=O) groups is 3. The van der Waals surface area contributed by atoms with Crippen LogP contribution in [-0.2, 0) is 19.1 Å². The first-order valence-electron chi connectivity index (χ1n) is 5.86. The molecule has 1 aliphatic carbocycles. The van der Waals surface area contributed by atoms with Gasteiger partial charge in [0.05, 0.1) is 6.61 Å². The third-order valence-corrected chi connectivity index (χ3v) is 3.10. The van der Waals surface area contributed by atoms with Gasteiger partial charge in [0.1, 0.15) is 5.92 Å². The molecule has 0 radical (unpaired) electrons. The van der Waals surface area contributed by atoms with Gasteiger partial charge in [0.25, 0.3) is 0 Å². The predicted molar refractivity (Wildman–Crippen MR) is 58.8 cm³/mol. The minimum Gasteiger partial charge on any atom is -0.465 e. The Hall–Kier alpha value is -1.65. The number of Topliss-reactive ketones (excluding diaryl/α,β-unsaturated/α-hetero) is 1. The van der Waals surface area contributed by atoms with E-state index in [9.17, 15) is 14.4 Å². The molecule has 1 heterocycles. The Morgan fingerprint density at radius 2 is 2.18 bits per heavy atom. The van der Waals surface area contributed by atoms with Gasteiger partial charge in [-0.1, -0.05) is 0 Å². The van der Waals surface area contributed by atoms with E-state index in [0.29, 0.717) is 24.1 Å². The molecule has 0 aromatic rings. The summed E-state index contributed by atoms with van der Waals surface area (Å²) >= 11 is 0. The number of hydrogen-bond donors (Lipinski definition) is 1. The quantitative estimate of drug-likeness (QED) is 0.566. The van der Waals surface area contributed by atoms with Crippen molar-refractivity contribution < 1.29 is 19.1 Å². The van der Waals surface area contributed by atoms with Gasteiger partial charge in [0, 0.05) is 17.7 Å². The second kappa shape index (κ2) is 4.69. The fraction of sp³-hybridized carbons (Fsp3) is 0.583. The van der Waals surface area contributed by atoms with Gasteiger partial charge in [0.15, 0.2) is 5.78 Å². The molecule has 0 bridgehead atoms. The van der Waals surface area contributed by atoms with Crippen LogP contribution >= 0.6 is 0 Å². The van der Waals surface area contributed by atoms with Crippen molar-refractivity contribution >= 4 is 17.7 Å². The lowest BCUT2D eigenvalue weighted by molar-refractivity contribution is -0.152. The minimum atomic E-state index is -0.865. The number of rotatable bonds is 2. The van der Waals surface area contributed by atoms with E-state index < -0.39 is 11.9 Å². The maximum atomic E-state index is 11.7. The third kappa shape index (κ3) is 2.23. The van der Waals surface area contributed by atoms with Crippen LogP contribution in [0.2, 0.25) is 0 Å². The second-order valence-electron chi connectivity index (χ2n) is 4.23. The lowest BCUT2D eigenvalue weighted by Gasteiger charge is -2.28. The highest BCUT2D eigenvalue weighted by atomic mass is 16.5. The molecule has 1 atom stereocenters. The van der Waals surface area contributed by atoms with E-state index in [4.69, 9.17) is 4.74 Å². The van der Waals surface area contributed by atoms with Crippen LogP contribution < -0.4 is 5.32 Å². The third-order valence-electron chi connectivity index (χ3n) is 3.10. The van der Waals surface area contributed by atoms with Gasteiger partial charge in [-0.2, -0.15) is 0 Å². The van der Waals surface area contributed by atoms with Gasteiger partial charge in [-0.15, -0.1) is 0 Å². The monoisotopic (exact) mass is 237 g/mol. The number of esters is 1. The van der Waals surface area contributed by atoms with Gasteiger partial charge < -0.3 is 10.1 Å². The van der Waals surface area contributed by atoms with E-state index in [2.05, 4.69) is 5.32 Å². The summed E-state index contributed by atoms with van der Waals surface area (Å²) < 4.78 is 4.83. The molecule has 1 aliphatic heterocycles. The van der Waals surface area contributed by atoms with Gasteiger partial charge >= 0.3 is 5.97 Å². The van der Waals surface area contributed by atoms with Gasteiger partial charge in [-0.05, 0) is 26.2 Å². The molecule has 0 fully saturated rings. The molecule has 1 amide bonds. The highest BCUT2D eigenvalue weighted by Crippen LogP contribution is 2.30. The van der Waals surface area contributed by atoms with Crippen molar-refractivity contribution in [1.82, 2.24) is 5.32 Å². The number of ether oxygens (including phenoxy) is 1. The molecule has 0 saturated heterocycles. The van der Waals surface area contributed by atoms with Gasteiger partial charge in [0.2, 0.25) is 5.91 Å². The number of carbonyl (C=O) groups excluding carboxylic acids is 3. The van der Waals surface area contributed by atoms with Gasteiger partial charge in [-0.3, -0.25) is 14.4 Å². The molecule has 2 aliphatic rings. The molecule has 1 N–H and O–H groups in total. The van der Waals surface area contributed by atoms with E-state index in [-0.39, 0.29) is 24.7 Å². The van der Waals surface area contributed by atoms with Crippen molar-refractivity contribution in [2.24, 2.45) is 5.92 Å². The van der Waals surface area contributed by atoms with Crippen LogP contribution in [0.15, 0.2) is 11.3 Å². The summed E-state index contributed by atoms with van der Waals surface area (Å²) in [5.41, 5.74) is 1.31. The number of nitrogens with one attached hydrogen (secondary N) is 1. The van der Waals surface area contributed by atoms with Crippen LogP contribution in [0.1, 0.15) is 32.6 Å². The van der Waals surface area contributed by atoms with Crippen molar-refractivity contribution in [3.63, 3.8) is 0 Å². The molecule has 0 aromatic carbocycles. The maximum Gasteiger partial charge on any atom is 0.318 e. The molecule has 0 saturated carbocycles. The van der Waals surface area contributed by atoms with Gasteiger partial charge in [-0.25, -0.2) is 0 Å². The molecule has 0 aromatic heterocycles. The number of hydrogen-bond acceptors (Lipinski definition) is 4. The van der Waals surface area contributed by atoms with Crippen LogP contribution in [-0.4, -0.2) is 24.3 Å². The zero-order valence-electron chi connectivity index (χ0n) is 9.75. The average molecular weight is 237 g/mol. The zero-order valence-corrected chi connectivity index (χ0v) is 9.75. The molecule has 1 unspecified atom stereocenters. The van der Waals surface area contributed by atoms with Crippen molar-refractivity contribution in [3.8, 4) is 0 Å². The lowest BCUT2D eigenvalue weighted by Crippen LogP contribution is -2.42. The molecule has 0 spiro atoms. The number of ketones is 1. The standard InChI is InChI=1S/C12H15NO4/c1-2-17-12(16)8-6-7-9(13-11(8)15)4-3-5-10(7)14/h8H,2-6H2,1H3,(H,13,15). The summed E-state index contributed by atoms with van der Waals surface area (Å²) in [6.07, 6.45) is 2.17. The summed E-state index contributed by atoms with van der Waals surface area (Å²) in [5, 5.41) is 2.66. The van der Waals surface area contributed by atoms with Crippen molar-refractivity contribution in [2.75, 3.05) is 6.61 Å². The Morgan fingerprint density at radius 3 is 2.88 bits per heavy atom. The summed E-state index contributed by atoms with van der Waals surface area (Å²) in [4.78, 5) is 35.0. The average Bonchev–Trinajstić information content (AvgIpc) is 2.29. The highest BCUT2D eigenvalue weighted by Gasteiger charge is 2.37. The van der Waals surface area contributed by atoms with Crippen LogP contribution in [0.5, 0.6) is 0 Å². The summed E-state index contributed by atoms with van der Waals surface area (Å²) in [5.74, 6) is -1.72. The molecule has 92 valence electrons. The minimum absolute atomic E-state index is 0.0422. The Balaban J connectivity index is 2.19. The van der Waals surface area contributed by atoms with E-state index in [1.54, 1.807) is 6.92 Å². The molecule has 2 rings (SSSR count). The van der Waals surface area contributed by atoms with Crippen LogP contribution in [0.4, 0.5) is 0 Å². The normalized spacial score (nSPS) is 24.2. The van der Waals surface area contributed by atoms with Crippen LogP contribution in [0.3, 0.4) is 0 Å². The van der Waals surface area contributed by atoms with Crippen molar-refractivity contribution in [3.05, 3.63) is 11.3 Å². The van der Waals surface area contributed by atoms with Crippen LogP contribution in [0, 0.1) is 5.92 Å². The van der Waals surface area contributed by atoms with E-state index in [0.717, 1.165) is 6.42 Å². The van der Waals surface area contributed by atoms with Crippen LogP contribution in [0.25, 0.3) is 0 Å². The highest BCUT2D eigenvalue weighted by molar-refractivity contribution is 6.05. The van der Waals surface area contributed by atoms with Crippen molar-refractivity contribution in [1.29, 1.82) is 0 Å². The molecule has 5 nitrogen and oxygen atoms in total. The van der Waals surface area contributed by atoms with Crippen molar-refractivity contribution in [2.45, 2.75) is 32.6 Å². The first-order valence-corrected chi connectivity index (χ1v) is 5.86. The Bertz CT molecular complexity index is 411. The molecular formula is C12H15NO4. The number of amides is 1. The van der Waals surface area contributed by atoms with E-state index >= 15 is 0 Å². The largest absolute Gasteiger partial charge is 0.465 e. The molecule has 5 heteroatoms. The first kappa shape index (κ1) is 11.8. The SMILES string of the molecule is CCOC(=O)C1CC2=C(CCCC2=O)NC1=O. The summed E-state index contributed by atoms with van der Waals surface area (Å²) in [6, 6.07) is 0. The lowest BCUT2D eigenvalue weighted by atomic mass is 9.84. The van der Waals surface area contributed by atoms with E-state index in [1.807, 2.05) is 0 Å². The smallest absolute Gasteiger partial charge is 0.318 e. The molecule has 17 heavy (non-hydrogen) atoms. The number of allylic oxidation sites excluding steroid dienone is 2. The fourth-order valence-corrected chi connectivity index (χ4v) is 2.24. The maximum absolute atomic E-state index is 11.7. The topological polar surface area (TPSA) is 72.5 Å². The second-order valence-corrected chi connectivity index (χ2v) is 4.23. The predicted octanol–water partition coefficient (Wildman–Crippen LogP) is 0.693. The first-order chi connectivity index (χ1) is 8.13. The fourth-order valence-electron chi connectivity index (χ4n) is 2.24. The Kier molecular flexibility index (Phi) is 3.26. The Labute approximate surface area is 99.2 Å². The summed E-state index contributed by atoms with van der Waals surface area (Å²) in [7, 11) is 0.